The van der Waals surface area contributed by atoms with Gasteiger partial charge in [0.05, 0.1) is 0 Å². The fourth-order valence-electron chi connectivity index (χ4n) is 1.60. The van der Waals surface area contributed by atoms with Gasteiger partial charge in [-0.2, -0.15) is 12.6 Å². The van der Waals surface area contributed by atoms with E-state index in [2.05, 4.69) is 19.6 Å². The summed E-state index contributed by atoms with van der Waals surface area (Å²) >= 11 is 4.20. The zero-order valence-corrected chi connectivity index (χ0v) is 13.0. The first kappa shape index (κ1) is 19.4. The molecule has 104 valence electrons. The van der Waals surface area contributed by atoms with Gasteiger partial charge in [-0.05, 0) is 26.0 Å². The Morgan fingerprint density at radius 3 is 1.35 bits per heavy atom. The van der Waals surface area contributed by atoms with Crippen LogP contribution in [-0.2, 0) is 4.79 Å². The number of carbonyl (C=O) groups excluding carboxylic acids is 1. The topological polar surface area (TPSA) is 17.1 Å². The third-order valence-electron chi connectivity index (χ3n) is 2.51. The highest BCUT2D eigenvalue weighted by atomic mass is 32.1. The zero-order valence-electron chi connectivity index (χ0n) is 12.1. The molecule has 0 fully saturated rings. The lowest BCUT2D eigenvalue weighted by molar-refractivity contribution is -0.114. The van der Waals surface area contributed by atoms with Gasteiger partial charge in [-0.3, -0.25) is 0 Å². The molecular formula is C15H32OS. The molecule has 0 atom stereocenters. The lowest BCUT2D eigenvalue weighted by atomic mass is 10.1. The Kier molecular flexibility index (Phi) is 20.9. The monoisotopic (exact) mass is 260 g/mol. The molecule has 0 saturated heterocycles. The van der Waals surface area contributed by atoms with Crippen molar-refractivity contribution in [3.63, 3.8) is 0 Å². The summed E-state index contributed by atoms with van der Waals surface area (Å²) in [6, 6.07) is 0. The minimum atomic E-state index is 0.167. The number of hydrogen-bond donors (Lipinski definition) is 1. The molecule has 0 aliphatic carbocycles. The van der Waals surface area contributed by atoms with Crippen LogP contribution >= 0.6 is 12.6 Å². The van der Waals surface area contributed by atoms with Gasteiger partial charge in [0.15, 0.2) is 0 Å². The van der Waals surface area contributed by atoms with Crippen LogP contribution in [0.5, 0.6) is 0 Å². The second kappa shape index (κ2) is 18.4. The first-order valence-corrected chi connectivity index (χ1v) is 7.86. The largest absolute Gasteiger partial charge is 0.300 e. The molecule has 17 heavy (non-hydrogen) atoms. The normalized spacial score (nSPS) is 9.65. The van der Waals surface area contributed by atoms with Crippen molar-refractivity contribution in [3.8, 4) is 0 Å². The fraction of sp³-hybridized carbons (Fsp3) is 0.933. The van der Waals surface area contributed by atoms with E-state index in [9.17, 15) is 4.79 Å². The van der Waals surface area contributed by atoms with Crippen LogP contribution < -0.4 is 0 Å². The van der Waals surface area contributed by atoms with Crippen molar-refractivity contribution in [1.82, 2.24) is 0 Å². The van der Waals surface area contributed by atoms with Crippen LogP contribution in [0.15, 0.2) is 0 Å². The Balaban J connectivity index is 0. The maximum absolute atomic E-state index is 9.44. The number of hydrogen-bond acceptors (Lipinski definition) is 2. The summed E-state index contributed by atoms with van der Waals surface area (Å²) in [5.74, 6) is 1.23. The minimum Gasteiger partial charge on any atom is -0.300 e. The average Bonchev–Trinajstić information content (AvgIpc) is 2.26. The molecule has 0 aromatic carbocycles. The number of thiol groups is 1. The summed E-state index contributed by atoms with van der Waals surface area (Å²) in [7, 11) is 0. The van der Waals surface area contributed by atoms with E-state index in [1.807, 2.05) is 0 Å². The second-order valence-corrected chi connectivity index (χ2v) is 5.26. The lowest BCUT2D eigenvalue weighted by Crippen LogP contribution is -1.81. The van der Waals surface area contributed by atoms with E-state index in [1.54, 1.807) is 0 Å². The Hall–Kier alpha value is 0.0200. The van der Waals surface area contributed by atoms with Gasteiger partial charge in [0, 0.05) is 0 Å². The molecular weight excluding hydrogens is 228 g/mol. The zero-order chi connectivity index (χ0) is 13.4. The standard InChI is InChI=1S/C12H26S.C3H6O/c1-2-3-4-5-6-7-8-9-10-11-12-13;1-3(2)4/h13H,2-12H2,1H3;1-2H3. The van der Waals surface area contributed by atoms with Gasteiger partial charge in [0.25, 0.3) is 0 Å². The second-order valence-electron chi connectivity index (χ2n) is 4.81. The van der Waals surface area contributed by atoms with Gasteiger partial charge in [-0.15, -0.1) is 0 Å². The molecule has 1 nitrogen and oxygen atoms in total. The quantitative estimate of drug-likeness (QED) is 0.409. The maximum atomic E-state index is 9.44. The molecule has 0 bridgehead atoms. The van der Waals surface area contributed by atoms with Crippen molar-refractivity contribution < 1.29 is 4.79 Å². The van der Waals surface area contributed by atoms with Crippen molar-refractivity contribution in [2.75, 3.05) is 5.75 Å². The summed E-state index contributed by atoms with van der Waals surface area (Å²) in [6.07, 6.45) is 14.2. The molecule has 0 saturated carbocycles. The Morgan fingerprint density at radius 1 is 0.765 bits per heavy atom. The van der Waals surface area contributed by atoms with Gasteiger partial charge in [0.2, 0.25) is 0 Å². The van der Waals surface area contributed by atoms with E-state index in [0.717, 1.165) is 5.75 Å². The molecule has 0 N–H and O–H groups in total. The third kappa shape index (κ3) is 31.4. The smallest absolute Gasteiger partial charge is 0.126 e. The van der Waals surface area contributed by atoms with E-state index in [0.29, 0.717) is 0 Å². The molecule has 0 aliphatic rings. The molecule has 0 aromatic rings. The molecule has 0 aromatic heterocycles. The molecule has 0 radical (unpaired) electrons. The van der Waals surface area contributed by atoms with Crippen LogP contribution in [0.1, 0.15) is 85.0 Å². The van der Waals surface area contributed by atoms with Gasteiger partial charge in [-0.1, -0.05) is 64.7 Å². The van der Waals surface area contributed by atoms with E-state index in [4.69, 9.17) is 0 Å². The van der Waals surface area contributed by atoms with E-state index in [-0.39, 0.29) is 5.78 Å². The summed E-state index contributed by atoms with van der Waals surface area (Å²) in [5, 5.41) is 0. The van der Waals surface area contributed by atoms with Crippen LogP contribution in [0.2, 0.25) is 0 Å². The summed E-state index contributed by atoms with van der Waals surface area (Å²) in [4.78, 5) is 9.44. The van der Waals surface area contributed by atoms with Crippen molar-refractivity contribution in [2.45, 2.75) is 85.0 Å². The van der Waals surface area contributed by atoms with Crippen molar-refractivity contribution in [1.29, 1.82) is 0 Å². The molecule has 0 spiro atoms. The predicted molar refractivity (Wildman–Crippen MR) is 82.1 cm³/mol. The Labute approximate surface area is 114 Å². The highest BCUT2D eigenvalue weighted by Crippen LogP contribution is 2.10. The molecule has 0 unspecified atom stereocenters. The van der Waals surface area contributed by atoms with Gasteiger partial charge < -0.3 is 4.79 Å². The molecule has 0 amide bonds. The van der Waals surface area contributed by atoms with E-state index in [1.165, 1.54) is 78.1 Å². The number of carbonyl (C=O) groups is 1. The van der Waals surface area contributed by atoms with E-state index < -0.39 is 0 Å². The molecule has 0 rings (SSSR count). The number of rotatable bonds is 10. The van der Waals surface area contributed by atoms with Crippen LogP contribution in [-0.4, -0.2) is 11.5 Å². The fourth-order valence-corrected chi connectivity index (χ4v) is 1.82. The van der Waals surface area contributed by atoms with Gasteiger partial charge in [-0.25, -0.2) is 0 Å². The maximum Gasteiger partial charge on any atom is 0.126 e. The average molecular weight is 260 g/mol. The van der Waals surface area contributed by atoms with Crippen LogP contribution in [0.4, 0.5) is 0 Å². The molecule has 2 heteroatoms. The predicted octanol–water partition coefficient (Wildman–Crippen LogP) is 5.43. The highest BCUT2D eigenvalue weighted by Gasteiger charge is 1.91. The number of ketones is 1. The first-order chi connectivity index (χ1) is 8.15. The van der Waals surface area contributed by atoms with Crippen LogP contribution in [0.3, 0.4) is 0 Å². The van der Waals surface area contributed by atoms with Gasteiger partial charge in [0.1, 0.15) is 5.78 Å². The lowest BCUT2D eigenvalue weighted by Gasteiger charge is -2.00. The van der Waals surface area contributed by atoms with E-state index >= 15 is 0 Å². The third-order valence-corrected chi connectivity index (χ3v) is 2.83. The highest BCUT2D eigenvalue weighted by molar-refractivity contribution is 7.80. The summed E-state index contributed by atoms with van der Waals surface area (Å²) in [6.45, 7) is 5.33. The number of Topliss-reactive ketones (excluding diaryl/α,β-unsaturated/α-hetero) is 1. The molecule has 0 heterocycles. The summed E-state index contributed by atoms with van der Waals surface area (Å²) < 4.78 is 0. The Morgan fingerprint density at radius 2 is 1.06 bits per heavy atom. The SMILES string of the molecule is CC(C)=O.CCCCCCCCCCCCS. The van der Waals surface area contributed by atoms with Crippen molar-refractivity contribution in [2.24, 2.45) is 0 Å². The Bertz CT molecular complexity index is 132. The minimum absolute atomic E-state index is 0.167. The van der Waals surface area contributed by atoms with Crippen LogP contribution in [0.25, 0.3) is 0 Å². The van der Waals surface area contributed by atoms with Crippen molar-refractivity contribution in [3.05, 3.63) is 0 Å². The van der Waals surface area contributed by atoms with Crippen LogP contribution in [0, 0.1) is 0 Å². The molecule has 0 aliphatic heterocycles. The number of unbranched alkanes of at least 4 members (excludes halogenated alkanes) is 9. The van der Waals surface area contributed by atoms with Crippen molar-refractivity contribution >= 4 is 18.4 Å². The first-order valence-electron chi connectivity index (χ1n) is 7.23. The summed E-state index contributed by atoms with van der Waals surface area (Å²) in [5.41, 5.74) is 0. The van der Waals surface area contributed by atoms with Gasteiger partial charge >= 0.3 is 0 Å².